The molecule has 1 aromatic carbocycles. The van der Waals surface area contributed by atoms with Gasteiger partial charge in [-0.25, -0.2) is 4.39 Å². The Bertz CT molecular complexity index is 897. The van der Waals surface area contributed by atoms with E-state index in [9.17, 15) is 4.39 Å². The SMILES string of the molecule is CCN(CC(C)C#N)c1ccc2nnc(-c3ccccc3F)n2n1. The van der Waals surface area contributed by atoms with Crippen LogP contribution in [0.3, 0.4) is 0 Å². The summed E-state index contributed by atoms with van der Waals surface area (Å²) in [5.74, 6) is 0.567. The molecular formula is C17H17FN6. The highest BCUT2D eigenvalue weighted by atomic mass is 19.1. The van der Waals surface area contributed by atoms with E-state index in [-0.39, 0.29) is 11.7 Å². The third-order valence-corrected chi connectivity index (χ3v) is 3.78. The summed E-state index contributed by atoms with van der Waals surface area (Å²) in [4.78, 5) is 2.00. The summed E-state index contributed by atoms with van der Waals surface area (Å²) in [6, 6.07) is 12.3. The van der Waals surface area contributed by atoms with Gasteiger partial charge in [-0.3, -0.25) is 0 Å². The summed E-state index contributed by atoms with van der Waals surface area (Å²) in [5.41, 5.74) is 0.893. The van der Waals surface area contributed by atoms with Crippen LogP contribution in [-0.4, -0.2) is 32.9 Å². The first-order valence-electron chi connectivity index (χ1n) is 7.76. The van der Waals surface area contributed by atoms with Crippen LogP contribution < -0.4 is 4.90 Å². The van der Waals surface area contributed by atoms with Gasteiger partial charge in [0.15, 0.2) is 11.5 Å². The molecule has 2 heterocycles. The molecule has 0 saturated heterocycles. The molecule has 7 heteroatoms. The van der Waals surface area contributed by atoms with Crippen molar-refractivity contribution in [3.05, 3.63) is 42.2 Å². The van der Waals surface area contributed by atoms with Crippen LogP contribution in [0.2, 0.25) is 0 Å². The molecule has 0 aliphatic carbocycles. The number of fused-ring (bicyclic) bond motifs is 1. The summed E-state index contributed by atoms with van der Waals surface area (Å²) < 4.78 is 15.6. The zero-order chi connectivity index (χ0) is 17.1. The second-order valence-corrected chi connectivity index (χ2v) is 5.53. The summed E-state index contributed by atoms with van der Waals surface area (Å²) in [6.07, 6.45) is 0. The first-order valence-corrected chi connectivity index (χ1v) is 7.76. The molecule has 24 heavy (non-hydrogen) atoms. The molecule has 0 fully saturated rings. The lowest BCUT2D eigenvalue weighted by molar-refractivity contribution is 0.628. The van der Waals surface area contributed by atoms with Crippen molar-refractivity contribution < 1.29 is 4.39 Å². The van der Waals surface area contributed by atoms with E-state index in [1.807, 2.05) is 24.8 Å². The third kappa shape index (κ3) is 2.91. The minimum absolute atomic E-state index is 0.116. The second kappa shape index (κ2) is 6.62. The Labute approximate surface area is 139 Å². The average Bonchev–Trinajstić information content (AvgIpc) is 3.02. The maximum atomic E-state index is 14.1. The zero-order valence-electron chi connectivity index (χ0n) is 13.5. The topological polar surface area (TPSA) is 70.1 Å². The van der Waals surface area contributed by atoms with E-state index in [1.54, 1.807) is 24.3 Å². The summed E-state index contributed by atoms with van der Waals surface area (Å²) >= 11 is 0. The van der Waals surface area contributed by atoms with Gasteiger partial charge in [-0.2, -0.15) is 9.78 Å². The molecule has 1 unspecified atom stereocenters. The van der Waals surface area contributed by atoms with E-state index in [2.05, 4.69) is 21.4 Å². The molecule has 122 valence electrons. The Balaban J connectivity index is 2.06. The monoisotopic (exact) mass is 324 g/mol. The van der Waals surface area contributed by atoms with Gasteiger partial charge < -0.3 is 4.90 Å². The maximum absolute atomic E-state index is 14.1. The molecule has 3 rings (SSSR count). The van der Waals surface area contributed by atoms with Crippen LogP contribution in [0.5, 0.6) is 0 Å². The van der Waals surface area contributed by atoms with Gasteiger partial charge in [-0.1, -0.05) is 12.1 Å². The van der Waals surface area contributed by atoms with E-state index in [0.717, 1.165) is 0 Å². The Morgan fingerprint density at radius 3 is 2.75 bits per heavy atom. The molecule has 0 saturated carbocycles. The molecule has 0 bridgehead atoms. The van der Waals surface area contributed by atoms with Crippen LogP contribution in [0, 0.1) is 23.1 Å². The molecule has 0 aliphatic rings. The molecule has 0 aliphatic heterocycles. The van der Waals surface area contributed by atoms with Gasteiger partial charge in [0.05, 0.1) is 17.6 Å². The molecule has 0 N–H and O–H groups in total. The first kappa shape index (κ1) is 15.9. The van der Waals surface area contributed by atoms with Crippen molar-refractivity contribution in [3.63, 3.8) is 0 Å². The predicted molar refractivity (Wildman–Crippen MR) is 88.8 cm³/mol. The van der Waals surface area contributed by atoms with Crippen LogP contribution in [0.25, 0.3) is 17.0 Å². The number of aromatic nitrogens is 4. The second-order valence-electron chi connectivity index (χ2n) is 5.53. The van der Waals surface area contributed by atoms with Gasteiger partial charge in [0.2, 0.25) is 0 Å². The quantitative estimate of drug-likeness (QED) is 0.722. The number of hydrogen-bond acceptors (Lipinski definition) is 5. The number of rotatable bonds is 5. The normalized spacial score (nSPS) is 12.1. The van der Waals surface area contributed by atoms with Crippen molar-refractivity contribution in [2.45, 2.75) is 13.8 Å². The number of hydrogen-bond donors (Lipinski definition) is 0. The number of nitrogens with zero attached hydrogens (tertiary/aromatic N) is 6. The van der Waals surface area contributed by atoms with Crippen LogP contribution in [0.15, 0.2) is 36.4 Å². The van der Waals surface area contributed by atoms with Crippen LogP contribution in [0.1, 0.15) is 13.8 Å². The standard InChI is InChI=1S/C17H17FN6/c1-3-23(11-12(2)10-19)16-9-8-15-20-21-17(24(15)22-16)13-6-4-5-7-14(13)18/h4-9,12H,3,11H2,1-2H3. The molecular weight excluding hydrogens is 307 g/mol. The Kier molecular flexibility index (Phi) is 4.38. The lowest BCUT2D eigenvalue weighted by Crippen LogP contribution is -2.29. The fourth-order valence-corrected chi connectivity index (χ4v) is 2.51. The highest BCUT2D eigenvalue weighted by Gasteiger charge is 2.16. The largest absolute Gasteiger partial charge is 0.354 e. The van der Waals surface area contributed by atoms with Crippen molar-refractivity contribution >= 4 is 11.5 Å². The van der Waals surface area contributed by atoms with Crippen molar-refractivity contribution in [2.75, 3.05) is 18.0 Å². The van der Waals surface area contributed by atoms with Crippen molar-refractivity contribution in [2.24, 2.45) is 5.92 Å². The average molecular weight is 324 g/mol. The molecule has 1 atom stereocenters. The molecule has 0 spiro atoms. The maximum Gasteiger partial charge on any atom is 0.188 e. The molecule has 6 nitrogen and oxygen atoms in total. The van der Waals surface area contributed by atoms with Crippen molar-refractivity contribution in [1.29, 1.82) is 5.26 Å². The van der Waals surface area contributed by atoms with Gasteiger partial charge in [0.1, 0.15) is 11.6 Å². The van der Waals surface area contributed by atoms with Gasteiger partial charge in [0.25, 0.3) is 0 Å². The highest BCUT2D eigenvalue weighted by Crippen LogP contribution is 2.22. The fraction of sp³-hybridized carbons (Fsp3) is 0.294. The number of nitriles is 1. The third-order valence-electron chi connectivity index (χ3n) is 3.78. The Morgan fingerprint density at radius 1 is 1.25 bits per heavy atom. The van der Waals surface area contributed by atoms with Crippen molar-refractivity contribution in [1.82, 2.24) is 19.8 Å². The summed E-state index contributed by atoms with van der Waals surface area (Å²) in [7, 11) is 0. The fourth-order valence-electron chi connectivity index (χ4n) is 2.51. The Hall–Kier alpha value is -3.01. The van der Waals surface area contributed by atoms with Gasteiger partial charge in [0, 0.05) is 13.1 Å². The lowest BCUT2D eigenvalue weighted by Gasteiger charge is -2.22. The molecule has 3 aromatic rings. The molecule has 0 amide bonds. The number of benzene rings is 1. The lowest BCUT2D eigenvalue weighted by atomic mass is 10.2. The number of halogens is 1. The van der Waals surface area contributed by atoms with Gasteiger partial charge in [-0.05, 0) is 38.1 Å². The summed E-state index contributed by atoms with van der Waals surface area (Å²) in [6.45, 7) is 5.15. The first-order chi connectivity index (χ1) is 11.6. The van der Waals surface area contributed by atoms with Crippen LogP contribution >= 0.6 is 0 Å². The minimum atomic E-state index is -0.371. The van der Waals surface area contributed by atoms with Crippen molar-refractivity contribution in [3.8, 4) is 17.5 Å². The van der Waals surface area contributed by atoms with E-state index in [0.29, 0.717) is 35.9 Å². The van der Waals surface area contributed by atoms with Crippen LogP contribution in [-0.2, 0) is 0 Å². The highest BCUT2D eigenvalue weighted by molar-refractivity contribution is 5.60. The van der Waals surface area contributed by atoms with E-state index >= 15 is 0 Å². The Morgan fingerprint density at radius 2 is 2.04 bits per heavy atom. The van der Waals surface area contributed by atoms with E-state index in [1.165, 1.54) is 10.6 Å². The van der Waals surface area contributed by atoms with Gasteiger partial charge in [-0.15, -0.1) is 15.3 Å². The zero-order valence-corrected chi connectivity index (χ0v) is 13.5. The van der Waals surface area contributed by atoms with Gasteiger partial charge >= 0.3 is 0 Å². The van der Waals surface area contributed by atoms with E-state index < -0.39 is 0 Å². The smallest absolute Gasteiger partial charge is 0.188 e. The molecule has 2 aromatic heterocycles. The van der Waals surface area contributed by atoms with E-state index in [4.69, 9.17) is 5.26 Å². The number of anilines is 1. The summed E-state index contributed by atoms with van der Waals surface area (Å²) in [5, 5.41) is 21.7. The van der Waals surface area contributed by atoms with Crippen LogP contribution in [0.4, 0.5) is 10.2 Å². The molecule has 0 radical (unpaired) electrons. The predicted octanol–water partition coefficient (Wildman–Crippen LogP) is 2.92. The minimum Gasteiger partial charge on any atom is -0.354 e.